The van der Waals surface area contributed by atoms with Crippen LogP contribution in [0, 0.1) is 0 Å². The molecule has 0 bridgehead atoms. The van der Waals surface area contributed by atoms with Crippen LogP contribution in [0.1, 0.15) is 71.1 Å². The van der Waals surface area contributed by atoms with Crippen molar-refractivity contribution in [3.63, 3.8) is 0 Å². The molecule has 0 aromatic rings. The number of rotatable bonds is 16. The predicted octanol–water partition coefficient (Wildman–Crippen LogP) is 4.02. The number of ether oxygens (including phenoxy) is 1. The molecule has 0 aliphatic rings. The summed E-state index contributed by atoms with van der Waals surface area (Å²) in [4.78, 5) is 0. The minimum absolute atomic E-state index is 0.158. The number of hydrogen-bond donors (Lipinski definition) is 2. The van der Waals surface area contributed by atoms with Gasteiger partial charge in [0.05, 0.1) is 19.8 Å². The summed E-state index contributed by atoms with van der Waals surface area (Å²) < 4.78 is 5.52. The molecule has 0 aromatic heterocycles. The SMILES string of the molecule is C=C(CNCCO)OCCCCCCCCCCCC. The Hall–Kier alpha value is -0.540. The van der Waals surface area contributed by atoms with E-state index in [0.717, 1.165) is 18.8 Å². The maximum absolute atomic E-state index is 8.62. The lowest BCUT2D eigenvalue weighted by Gasteiger charge is -2.09. The molecule has 0 aliphatic carbocycles. The number of aliphatic hydroxyl groups is 1. The van der Waals surface area contributed by atoms with Gasteiger partial charge in [0.15, 0.2) is 0 Å². The zero-order valence-electron chi connectivity index (χ0n) is 13.5. The fraction of sp³-hybridized carbons (Fsp3) is 0.882. The highest BCUT2D eigenvalue weighted by atomic mass is 16.5. The van der Waals surface area contributed by atoms with Gasteiger partial charge in [-0.05, 0) is 6.42 Å². The minimum Gasteiger partial charge on any atom is -0.497 e. The van der Waals surface area contributed by atoms with E-state index >= 15 is 0 Å². The monoisotopic (exact) mass is 285 g/mol. The Bertz CT molecular complexity index is 207. The Morgan fingerprint density at radius 3 is 2.05 bits per heavy atom. The normalized spacial score (nSPS) is 10.7. The number of hydrogen-bond acceptors (Lipinski definition) is 3. The van der Waals surface area contributed by atoms with Crippen LogP contribution >= 0.6 is 0 Å². The quantitative estimate of drug-likeness (QED) is 0.332. The van der Waals surface area contributed by atoms with Crippen LogP contribution < -0.4 is 5.32 Å². The van der Waals surface area contributed by atoms with Crippen LogP contribution in [0.5, 0.6) is 0 Å². The van der Waals surface area contributed by atoms with Crippen molar-refractivity contribution in [2.45, 2.75) is 71.1 Å². The third kappa shape index (κ3) is 15.5. The molecule has 3 nitrogen and oxygen atoms in total. The summed E-state index contributed by atoms with van der Waals surface area (Å²) in [5, 5.41) is 11.7. The minimum atomic E-state index is 0.158. The lowest BCUT2D eigenvalue weighted by atomic mass is 10.1. The summed E-state index contributed by atoms with van der Waals surface area (Å²) >= 11 is 0. The van der Waals surface area contributed by atoms with Crippen molar-refractivity contribution in [1.29, 1.82) is 0 Å². The summed E-state index contributed by atoms with van der Waals surface area (Å²) in [5.41, 5.74) is 0. The van der Waals surface area contributed by atoms with E-state index in [1.165, 1.54) is 57.8 Å². The van der Waals surface area contributed by atoms with Gasteiger partial charge in [-0.1, -0.05) is 71.3 Å². The standard InChI is InChI=1S/C17H35NO2/c1-3-4-5-6-7-8-9-10-11-12-15-20-17(2)16-18-13-14-19/h18-19H,2-16H2,1H3. The van der Waals surface area contributed by atoms with Crippen LogP contribution in [-0.2, 0) is 4.74 Å². The summed E-state index contributed by atoms with van der Waals surface area (Å²) in [6, 6.07) is 0. The van der Waals surface area contributed by atoms with Crippen molar-refractivity contribution in [1.82, 2.24) is 5.32 Å². The number of aliphatic hydroxyl groups excluding tert-OH is 1. The van der Waals surface area contributed by atoms with E-state index in [0.29, 0.717) is 13.1 Å². The van der Waals surface area contributed by atoms with E-state index in [4.69, 9.17) is 9.84 Å². The fourth-order valence-electron chi connectivity index (χ4n) is 2.16. The lowest BCUT2D eigenvalue weighted by molar-refractivity contribution is 0.197. The van der Waals surface area contributed by atoms with Gasteiger partial charge in [0.25, 0.3) is 0 Å². The largest absolute Gasteiger partial charge is 0.497 e. The van der Waals surface area contributed by atoms with Gasteiger partial charge in [0, 0.05) is 6.54 Å². The van der Waals surface area contributed by atoms with E-state index in [-0.39, 0.29) is 6.61 Å². The van der Waals surface area contributed by atoms with Crippen LogP contribution in [-0.4, -0.2) is 31.4 Å². The molecular weight excluding hydrogens is 250 g/mol. The van der Waals surface area contributed by atoms with Crippen LogP contribution in [0.2, 0.25) is 0 Å². The van der Waals surface area contributed by atoms with E-state index in [1.807, 2.05) is 0 Å². The molecule has 3 heteroatoms. The Balaban J connectivity index is 3.07. The van der Waals surface area contributed by atoms with Gasteiger partial charge >= 0.3 is 0 Å². The van der Waals surface area contributed by atoms with Crippen molar-refractivity contribution in [2.75, 3.05) is 26.3 Å². The molecule has 0 rings (SSSR count). The first-order chi connectivity index (χ1) is 9.81. The Kier molecular flexibility index (Phi) is 16.1. The van der Waals surface area contributed by atoms with Crippen molar-refractivity contribution in [3.05, 3.63) is 12.3 Å². The molecule has 0 saturated heterocycles. The highest BCUT2D eigenvalue weighted by molar-refractivity contribution is 4.84. The zero-order chi connectivity index (χ0) is 14.9. The van der Waals surface area contributed by atoms with Crippen LogP contribution in [0.25, 0.3) is 0 Å². The van der Waals surface area contributed by atoms with Gasteiger partial charge in [-0.15, -0.1) is 0 Å². The van der Waals surface area contributed by atoms with Gasteiger partial charge < -0.3 is 15.2 Å². The molecule has 120 valence electrons. The van der Waals surface area contributed by atoms with Gasteiger partial charge in [-0.25, -0.2) is 0 Å². The number of nitrogens with one attached hydrogen (secondary N) is 1. The Morgan fingerprint density at radius 1 is 0.950 bits per heavy atom. The molecule has 0 fully saturated rings. The van der Waals surface area contributed by atoms with E-state index in [9.17, 15) is 0 Å². The van der Waals surface area contributed by atoms with Crippen LogP contribution in [0.15, 0.2) is 12.3 Å². The maximum atomic E-state index is 8.62. The fourth-order valence-corrected chi connectivity index (χ4v) is 2.16. The first-order valence-electron chi connectivity index (χ1n) is 8.43. The van der Waals surface area contributed by atoms with Gasteiger partial charge in [0.1, 0.15) is 5.76 Å². The molecular formula is C17H35NO2. The third-order valence-electron chi connectivity index (χ3n) is 3.41. The highest BCUT2D eigenvalue weighted by Crippen LogP contribution is 2.10. The predicted molar refractivity (Wildman–Crippen MR) is 86.9 cm³/mol. The molecule has 2 N–H and O–H groups in total. The summed E-state index contributed by atoms with van der Waals surface area (Å²) in [5.74, 6) is 0.773. The molecule has 0 atom stereocenters. The molecule has 0 radical (unpaired) electrons. The molecule has 20 heavy (non-hydrogen) atoms. The average Bonchev–Trinajstić information content (AvgIpc) is 2.45. The van der Waals surface area contributed by atoms with Crippen LogP contribution in [0.3, 0.4) is 0 Å². The topological polar surface area (TPSA) is 41.5 Å². The molecule has 0 spiro atoms. The highest BCUT2D eigenvalue weighted by Gasteiger charge is 1.96. The summed E-state index contributed by atoms with van der Waals surface area (Å²) in [6.07, 6.45) is 13.4. The lowest BCUT2D eigenvalue weighted by Crippen LogP contribution is -2.21. The van der Waals surface area contributed by atoms with Crippen molar-refractivity contribution in [2.24, 2.45) is 0 Å². The molecule has 0 heterocycles. The first kappa shape index (κ1) is 19.5. The smallest absolute Gasteiger partial charge is 0.103 e. The third-order valence-corrected chi connectivity index (χ3v) is 3.41. The zero-order valence-corrected chi connectivity index (χ0v) is 13.5. The molecule has 0 saturated carbocycles. The maximum Gasteiger partial charge on any atom is 0.103 e. The van der Waals surface area contributed by atoms with E-state index in [1.54, 1.807) is 0 Å². The second-order valence-corrected chi connectivity index (χ2v) is 5.47. The van der Waals surface area contributed by atoms with Crippen molar-refractivity contribution < 1.29 is 9.84 Å². The van der Waals surface area contributed by atoms with E-state index < -0.39 is 0 Å². The molecule has 0 unspecified atom stereocenters. The van der Waals surface area contributed by atoms with Gasteiger partial charge in [0.2, 0.25) is 0 Å². The molecule has 0 aliphatic heterocycles. The number of unbranched alkanes of at least 4 members (excludes halogenated alkanes) is 9. The summed E-state index contributed by atoms with van der Waals surface area (Å²) in [6.45, 7) is 8.27. The Labute approximate surface area is 125 Å². The Morgan fingerprint density at radius 2 is 1.50 bits per heavy atom. The van der Waals surface area contributed by atoms with Crippen LogP contribution in [0.4, 0.5) is 0 Å². The van der Waals surface area contributed by atoms with E-state index in [2.05, 4.69) is 18.8 Å². The summed E-state index contributed by atoms with van der Waals surface area (Å²) in [7, 11) is 0. The van der Waals surface area contributed by atoms with Crippen molar-refractivity contribution >= 4 is 0 Å². The van der Waals surface area contributed by atoms with Gasteiger partial charge in [-0.2, -0.15) is 0 Å². The van der Waals surface area contributed by atoms with Crippen molar-refractivity contribution in [3.8, 4) is 0 Å². The second kappa shape index (κ2) is 16.5. The molecule has 0 amide bonds. The first-order valence-corrected chi connectivity index (χ1v) is 8.43. The van der Waals surface area contributed by atoms with Gasteiger partial charge in [-0.3, -0.25) is 0 Å². The average molecular weight is 285 g/mol. The second-order valence-electron chi connectivity index (χ2n) is 5.47. The molecule has 0 aromatic carbocycles.